The van der Waals surface area contributed by atoms with Gasteiger partial charge in [-0.3, -0.25) is 4.79 Å². The Labute approximate surface area is 187 Å². The minimum Gasteiger partial charge on any atom is -0.293 e. The zero-order valence-corrected chi connectivity index (χ0v) is 19.0. The van der Waals surface area contributed by atoms with Crippen molar-refractivity contribution >= 4 is 40.2 Å². The minimum atomic E-state index is -0.173. The molecule has 0 spiro atoms. The van der Waals surface area contributed by atoms with E-state index in [0.717, 1.165) is 45.1 Å². The van der Waals surface area contributed by atoms with Gasteiger partial charge in [0, 0.05) is 5.56 Å². The zero-order valence-electron chi connectivity index (χ0n) is 16.6. The Balaban J connectivity index is 1.52. The van der Waals surface area contributed by atoms with Crippen molar-refractivity contribution in [3.63, 3.8) is 0 Å². The van der Waals surface area contributed by atoms with Gasteiger partial charge in [-0.15, -0.1) is 32.9 Å². The molecule has 0 N–H and O–H groups in total. The average molecular weight is 450 g/mol. The van der Waals surface area contributed by atoms with Gasteiger partial charge in [0.2, 0.25) is 5.16 Å². The number of aromatic nitrogens is 3. The van der Waals surface area contributed by atoms with Gasteiger partial charge in [-0.05, 0) is 66.3 Å². The Hall–Kier alpha value is -2.35. The standard InChI is InChI=1S/C23H19N3OS3/c1-13-9-11-28-21(13)18-19(22-14(2)10-12-29-22)25-26-23(24-18)30-17-8-7-15-5-3-4-6-16(15)20(17)27/h3-6,9-12,17H,7-8H2,1-2H3/t17-/m1/s1. The van der Waals surface area contributed by atoms with Gasteiger partial charge in [-0.2, -0.15) is 0 Å². The van der Waals surface area contributed by atoms with Crippen LogP contribution in [0.15, 0.2) is 52.3 Å². The van der Waals surface area contributed by atoms with Crippen molar-refractivity contribution in [1.29, 1.82) is 0 Å². The lowest BCUT2D eigenvalue weighted by Gasteiger charge is -2.22. The van der Waals surface area contributed by atoms with Crippen LogP contribution in [0.2, 0.25) is 0 Å². The van der Waals surface area contributed by atoms with E-state index in [1.54, 1.807) is 22.7 Å². The van der Waals surface area contributed by atoms with Crippen molar-refractivity contribution in [2.45, 2.75) is 37.1 Å². The molecule has 0 radical (unpaired) electrons. The first-order chi connectivity index (χ1) is 14.6. The van der Waals surface area contributed by atoms with Crippen molar-refractivity contribution in [3.05, 3.63) is 69.4 Å². The topological polar surface area (TPSA) is 55.7 Å². The molecule has 0 amide bonds. The number of benzene rings is 1. The van der Waals surface area contributed by atoms with Crippen LogP contribution in [-0.4, -0.2) is 26.2 Å². The summed E-state index contributed by atoms with van der Waals surface area (Å²) < 4.78 is 0. The third-order valence-corrected chi connectivity index (χ3v) is 8.48. The number of thiophene rings is 2. The first-order valence-corrected chi connectivity index (χ1v) is 12.4. The van der Waals surface area contributed by atoms with E-state index in [-0.39, 0.29) is 11.0 Å². The van der Waals surface area contributed by atoms with Gasteiger partial charge >= 0.3 is 0 Å². The van der Waals surface area contributed by atoms with E-state index in [0.29, 0.717) is 5.16 Å². The van der Waals surface area contributed by atoms with Crippen molar-refractivity contribution in [1.82, 2.24) is 15.2 Å². The Morgan fingerprint density at radius 2 is 1.63 bits per heavy atom. The predicted molar refractivity (Wildman–Crippen MR) is 125 cm³/mol. The maximum atomic E-state index is 13.0. The Morgan fingerprint density at radius 3 is 2.33 bits per heavy atom. The van der Waals surface area contributed by atoms with E-state index in [4.69, 9.17) is 4.98 Å². The fourth-order valence-corrected chi connectivity index (χ4v) is 6.50. The van der Waals surface area contributed by atoms with Crippen molar-refractivity contribution in [2.75, 3.05) is 0 Å². The quantitative estimate of drug-likeness (QED) is 0.369. The number of fused-ring (bicyclic) bond motifs is 1. The van der Waals surface area contributed by atoms with Crippen LogP contribution in [0.5, 0.6) is 0 Å². The number of rotatable bonds is 4. The second kappa shape index (κ2) is 8.06. The molecule has 1 atom stereocenters. The van der Waals surface area contributed by atoms with Crippen LogP contribution in [0.4, 0.5) is 0 Å². The molecule has 3 aromatic heterocycles. The molecule has 0 aliphatic heterocycles. The summed E-state index contributed by atoms with van der Waals surface area (Å²) in [5.74, 6) is 0.164. The highest BCUT2D eigenvalue weighted by molar-refractivity contribution is 8.00. The molecular weight excluding hydrogens is 430 g/mol. The van der Waals surface area contributed by atoms with Crippen molar-refractivity contribution in [2.24, 2.45) is 0 Å². The highest BCUT2D eigenvalue weighted by Gasteiger charge is 2.29. The monoisotopic (exact) mass is 449 g/mol. The number of carbonyl (C=O) groups is 1. The number of carbonyl (C=O) groups excluding carboxylic acids is 1. The fraction of sp³-hybridized carbons (Fsp3) is 0.217. The molecule has 1 aliphatic rings. The summed E-state index contributed by atoms with van der Waals surface area (Å²) in [6.45, 7) is 4.17. The summed E-state index contributed by atoms with van der Waals surface area (Å²) >= 11 is 4.76. The van der Waals surface area contributed by atoms with Gasteiger partial charge in [0.05, 0.1) is 15.0 Å². The maximum Gasteiger partial charge on any atom is 0.210 e. The van der Waals surface area contributed by atoms with E-state index >= 15 is 0 Å². The summed E-state index contributed by atoms with van der Waals surface area (Å²) in [6.07, 6.45) is 1.69. The van der Waals surface area contributed by atoms with Crippen LogP contribution in [0, 0.1) is 13.8 Å². The number of aryl methyl sites for hydroxylation is 3. The lowest BCUT2D eigenvalue weighted by molar-refractivity contribution is 0.0979. The Morgan fingerprint density at radius 1 is 0.933 bits per heavy atom. The van der Waals surface area contributed by atoms with E-state index in [1.807, 2.05) is 24.3 Å². The Kier molecular flexibility index (Phi) is 5.26. The van der Waals surface area contributed by atoms with Gasteiger partial charge in [0.15, 0.2) is 5.78 Å². The molecule has 30 heavy (non-hydrogen) atoms. The van der Waals surface area contributed by atoms with Gasteiger partial charge in [-0.1, -0.05) is 36.0 Å². The Bertz CT molecular complexity index is 1240. The number of ketones is 1. The number of hydrogen-bond acceptors (Lipinski definition) is 7. The fourth-order valence-electron chi connectivity index (χ4n) is 3.71. The smallest absolute Gasteiger partial charge is 0.210 e. The minimum absolute atomic E-state index is 0.164. The molecule has 1 aliphatic carbocycles. The third kappa shape index (κ3) is 3.51. The zero-order chi connectivity index (χ0) is 20.7. The molecule has 4 aromatic rings. The van der Waals surface area contributed by atoms with Crippen LogP contribution >= 0.6 is 34.4 Å². The van der Waals surface area contributed by atoms with Crippen LogP contribution in [0.1, 0.15) is 33.5 Å². The molecule has 4 nitrogen and oxygen atoms in total. The molecule has 0 fully saturated rings. The maximum absolute atomic E-state index is 13.0. The molecule has 7 heteroatoms. The highest BCUT2D eigenvalue weighted by atomic mass is 32.2. The van der Waals surface area contributed by atoms with E-state index < -0.39 is 0 Å². The molecule has 3 heterocycles. The second-order valence-corrected chi connectivity index (χ2v) is 10.3. The summed E-state index contributed by atoms with van der Waals surface area (Å²) in [4.78, 5) is 20.1. The van der Waals surface area contributed by atoms with Gasteiger partial charge in [-0.25, -0.2) is 4.98 Å². The predicted octanol–water partition coefficient (Wildman–Crippen LogP) is 6.24. The van der Waals surface area contributed by atoms with E-state index in [1.165, 1.54) is 22.9 Å². The number of nitrogens with zero attached hydrogens (tertiary/aromatic N) is 3. The lowest BCUT2D eigenvalue weighted by atomic mass is 9.90. The van der Waals surface area contributed by atoms with Crippen LogP contribution in [-0.2, 0) is 6.42 Å². The highest BCUT2D eigenvalue weighted by Crippen LogP contribution is 2.39. The molecule has 5 rings (SSSR count). The van der Waals surface area contributed by atoms with Crippen molar-refractivity contribution < 1.29 is 4.79 Å². The summed E-state index contributed by atoms with van der Waals surface area (Å²) in [6, 6.07) is 12.1. The largest absolute Gasteiger partial charge is 0.293 e. The van der Waals surface area contributed by atoms with Crippen LogP contribution in [0.25, 0.3) is 21.1 Å². The van der Waals surface area contributed by atoms with Gasteiger partial charge < -0.3 is 0 Å². The van der Waals surface area contributed by atoms with E-state index in [9.17, 15) is 4.79 Å². The molecular formula is C23H19N3OS3. The summed E-state index contributed by atoms with van der Waals surface area (Å²) in [5, 5.41) is 13.5. The lowest BCUT2D eigenvalue weighted by Crippen LogP contribution is -2.25. The first-order valence-electron chi connectivity index (χ1n) is 9.74. The van der Waals surface area contributed by atoms with Crippen LogP contribution in [0.3, 0.4) is 0 Å². The molecule has 150 valence electrons. The molecule has 0 saturated carbocycles. The third-order valence-electron chi connectivity index (χ3n) is 5.32. The summed E-state index contributed by atoms with van der Waals surface area (Å²) in [7, 11) is 0. The second-order valence-electron chi connectivity index (χ2n) is 7.32. The molecule has 0 bridgehead atoms. The summed E-state index contributed by atoms with van der Waals surface area (Å²) in [5.41, 5.74) is 5.98. The normalized spacial score (nSPS) is 15.9. The molecule has 0 saturated heterocycles. The van der Waals surface area contributed by atoms with Crippen LogP contribution < -0.4 is 0 Å². The number of hydrogen-bond donors (Lipinski definition) is 0. The average Bonchev–Trinajstić information content (AvgIpc) is 3.38. The van der Waals surface area contributed by atoms with Crippen molar-refractivity contribution in [3.8, 4) is 21.1 Å². The molecule has 0 unspecified atom stereocenters. The first kappa shape index (κ1) is 19.6. The number of thioether (sulfide) groups is 1. The molecule has 1 aromatic carbocycles. The van der Waals surface area contributed by atoms with Gasteiger partial charge in [0.25, 0.3) is 0 Å². The SMILES string of the molecule is Cc1ccsc1-c1nnc(S[C@@H]2CCc3ccccc3C2=O)nc1-c1sccc1C. The van der Waals surface area contributed by atoms with Gasteiger partial charge in [0.1, 0.15) is 11.4 Å². The van der Waals surface area contributed by atoms with E-state index in [2.05, 4.69) is 46.9 Å². The number of Topliss-reactive ketones (excluding diaryl/α,β-unsaturated/α-hetero) is 1.